The first-order valence-electron chi connectivity index (χ1n) is 13.4. The van der Waals surface area contributed by atoms with Gasteiger partial charge in [0.25, 0.3) is 0 Å². The van der Waals surface area contributed by atoms with Crippen molar-refractivity contribution in [2.45, 2.75) is 38.5 Å². The second-order valence-electron chi connectivity index (χ2n) is 9.14. The van der Waals surface area contributed by atoms with Gasteiger partial charge in [-0.2, -0.15) is 0 Å². The van der Waals surface area contributed by atoms with Crippen LogP contribution in [0.5, 0.6) is 17.2 Å². The molecular weight excluding hydrogens is 511 g/mol. The molecule has 0 unspecified atom stereocenters. The van der Waals surface area contributed by atoms with Crippen molar-refractivity contribution in [1.82, 2.24) is 0 Å². The van der Waals surface area contributed by atoms with Crippen LogP contribution in [0.4, 0.5) is 0 Å². The van der Waals surface area contributed by atoms with E-state index < -0.39 is 8.60 Å². The molecule has 0 aliphatic rings. The Balaban J connectivity index is 2.12. The van der Waals surface area contributed by atoms with Gasteiger partial charge < -0.3 is 13.6 Å². The molecule has 0 amide bonds. The van der Waals surface area contributed by atoms with Crippen molar-refractivity contribution < 1.29 is 13.6 Å². The van der Waals surface area contributed by atoms with Gasteiger partial charge in [-0.25, -0.2) is 0 Å². The van der Waals surface area contributed by atoms with E-state index >= 15 is 0 Å². The van der Waals surface area contributed by atoms with Crippen LogP contribution < -0.4 is 13.6 Å². The molecule has 0 radical (unpaired) electrons. The fourth-order valence-electron chi connectivity index (χ4n) is 4.55. The van der Waals surface area contributed by atoms with Gasteiger partial charge in [-0.05, 0) is 73.4 Å². The summed E-state index contributed by atoms with van der Waals surface area (Å²) in [5.41, 5.74) is 6.50. The van der Waals surface area contributed by atoms with Gasteiger partial charge in [-0.1, -0.05) is 72.9 Å². The maximum atomic E-state index is 6.61. The first-order chi connectivity index (χ1) is 19.6. The smallest absolute Gasteiger partial charge is 0.408 e. The molecule has 3 nitrogen and oxygen atoms in total. The molecule has 0 saturated carbocycles. The van der Waals surface area contributed by atoms with E-state index in [1.165, 1.54) is 0 Å². The zero-order valence-electron chi connectivity index (χ0n) is 23.3. The number of hydrogen-bond acceptors (Lipinski definition) is 3. The molecule has 0 aromatic heterocycles. The normalized spacial score (nSPS) is 10.4. The van der Waals surface area contributed by atoms with E-state index in [1.807, 2.05) is 72.9 Å². The summed E-state index contributed by atoms with van der Waals surface area (Å²) in [5, 5.41) is 0. The van der Waals surface area contributed by atoms with Gasteiger partial charge in [0, 0.05) is 16.7 Å². The minimum atomic E-state index is -1.92. The average Bonchev–Trinajstić information content (AvgIpc) is 2.94. The summed E-state index contributed by atoms with van der Waals surface area (Å²) in [6.07, 6.45) is 15.4. The van der Waals surface area contributed by atoms with Crippen LogP contribution in [0.15, 0.2) is 131 Å². The Kier molecular flexibility index (Phi) is 12.3. The minimum absolute atomic E-state index is 0.648. The number of hydrogen-bond donors (Lipinski definition) is 0. The highest BCUT2D eigenvalue weighted by molar-refractivity contribution is 7.43. The van der Waals surface area contributed by atoms with Gasteiger partial charge in [0.05, 0.1) is 0 Å². The maximum Gasteiger partial charge on any atom is 0.530 e. The van der Waals surface area contributed by atoms with Crippen molar-refractivity contribution in [3.8, 4) is 17.2 Å². The third-order valence-corrected chi connectivity index (χ3v) is 7.38. The van der Waals surface area contributed by atoms with Gasteiger partial charge in [0.2, 0.25) is 0 Å². The lowest BCUT2D eigenvalue weighted by Gasteiger charge is -2.23. The summed E-state index contributed by atoms with van der Waals surface area (Å²) in [6.45, 7) is 23.6. The molecule has 0 N–H and O–H groups in total. The largest absolute Gasteiger partial charge is 0.530 e. The van der Waals surface area contributed by atoms with Crippen LogP contribution in [0.3, 0.4) is 0 Å². The van der Waals surface area contributed by atoms with E-state index in [0.29, 0.717) is 36.5 Å². The molecule has 0 aliphatic heterocycles. The SMILES string of the molecule is C=CCc1cccc(OP(Oc2cccc(CC=C)c2CC=C)Oc2cccc(CC=C)c2CC=C)c1CC=C. The van der Waals surface area contributed by atoms with Gasteiger partial charge in [-0.3, -0.25) is 0 Å². The number of benzene rings is 3. The summed E-state index contributed by atoms with van der Waals surface area (Å²) in [5.74, 6) is 2.10. The highest BCUT2D eigenvalue weighted by Gasteiger charge is 2.25. The molecule has 40 heavy (non-hydrogen) atoms. The fourth-order valence-corrected chi connectivity index (χ4v) is 5.66. The Morgan fingerprint density at radius 2 is 0.700 bits per heavy atom. The molecule has 0 fully saturated rings. The van der Waals surface area contributed by atoms with Crippen LogP contribution in [0.25, 0.3) is 0 Å². The van der Waals surface area contributed by atoms with Gasteiger partial charge in [-0.15, -0.1) is 39.5 Å². The average molecular weight is 551 g/mol. The highest BCUT2D eigenvalue weighted by atomic mass is 31.2. The van der Waals surface area contributed by atoms with Gasteiger partial charge >= 0.3 is 8.60 Å². The lowest BCUT2D eigenvalue weighted by atomic mass is 10.0. The van der Waals surface area contributed by atoms with Crippen molar-refractivity contribution in [3.05, 3.63) is 164 Å². The zero-order valence-corrected chi connectivity index (χ0v) is 24.2. The Morgan fingerprint density at radius 1 is 0.425 bits per heavy atom. The molecule has 0 aliphatic carbocycles. The van der Waals surface area contributed by atoms with Crippen LogP contribution in [0, 0.1) is 0 Å². The van der Waals surface area contributed by atoms with Crippen molar-refractivity contribution in [1.29, 1.82) is 0 Å². The Morgan fingerprint density at radius 3 is 0.950 bits per heavy atom. The molecule has 0 spiro atoms. The highest BCUT2D eigenvalue weighted by Crippen LogP contribution is 2.46. The molecule has 0 atom stereocenters. The summed E-state index contributed by atoms with van der Waals surface area (Å²) < 4.78 is 19.8. The van der Waals surface area contributed by atoms with Crippen LogP contribution in [-0.2, 0) is 38.5 Å². The fraction of sp³-hybridized carbons (Fsp3) is 0.167. The first-order valence-corrected chi connectivity index (χ1v) is 14.5. The Labute approximate surface area is 241 Å². The van der Waals surface area contributed by atoms with E-state index in [1.54, 1.807) is 0 Å². The lowest BCUT2D eigenvalue weighted by molar-refractivity contribution is 0.383. The van der Waals surface area contributed by atoms with Crippen molar-refractivity contribution in [2.75, 3.05) is 0 Å². The van der Waals surface area contributed by atoms with Gasteiger partial charge in [0.1, 0.15) is 17.2 Å². The van der Waals surface area contributed by atoms with Crippen LogP contribution in [0.1, 0.15) is 33.4 Å². The summed E-state index contributed by atoms with van der Waals surface area (Å²) >= 11 is 0. The molecule has 3 aromatic rings. The monoisotopic (exact) mass is 550 g/mol. The van der Waals surface area contributed by atoms with Crippen LogP contribution >= 0.6 is 8.60 Å². The van der Waals surface area contributed by atoms with Gasteiger partial charge in [0.15, 0.2) is 0 Å². The van der Waals surface area contributed by atoms with E-state index in [2.05, 4.69) is 57.7 Å². The lowest BCUT2D eigenvalue weighted by Crippen LogP contribution is -2.08. The quantitative estimate of drug-likeness (QED) is 0.117. The molecule has 4 heteroatoms. The predicted molar refractivity (Wildman–Crippen MR) is 172 cm³/mol. The Bertz CT molecular complexity index is 1190. The Hall–Kier alpha value is -4.07. The molecule has 0 saturated heterocycles. The molecular formula is C36H39O3P. The zero-order chi connectivity index (χ0) is 28.7. The van der Waals surface area contributed by atoms with Crippen molar-refractivity contribution in [2.24, 2.45) is 0 Å². The minimum Gasteiger partial charge on any atom is -0.408 e. The third-order valence-electron chi connectivity index (χ3n) is 6.35. The number of rotatable bonds is 18. The van der Waals surface area contributed by atoms with E-state index in [-0.39, 0.29) is 0 Å². The standard InChI is InChI=1S/C36H39O3P/c1-7-16-28-22-13-25-34(31(28)19-10-4)37-40(38-35-26-14-23-29(17-8-2)32(35)20-11-5)39-36-27-15-24-30(18-9-3)33(36)21-12-6/h7-15,22-27H,1-6,16-21H2. The molecule has 0 heterocycles. The van der Waals surface area contributed by atoms with Crippen LogP contribution in [0.2, 0.25) is 0 Å². The maximum absolute atomic E-state index is 6.61. The second kappa shape index (κ2) is 16.1. The summed E-state index contributed by atoms with van der Waals surface area (Å²) in [6, 6.07) is 18.0. The van der Waals surface area contributed by atoms with E-state index in [0.717, 1.165) is 52.6 Å². The number of allylic oxidation sites excluding steroid dienone is 6. The van der Waals surface area contributed by atoms with Crippen LogP contribution in [-0.4, -0.2) is 0 Å². The first kappa shape index (κ1) is 30.5. The van der Waals surface area contributed by atoms with Crippen molar-refractivity contribution >= 4 is 8.60 Å². The summed E-state index contributed by atoms with van der Waals surface area (Å²) in [4.78, 5) is 0. The second-order valence-corrected chi connectivity index (χ2v) is 10.1. The van der Waals surface area contributed by atoms with E-state index in [4.69, 9.17) is 13.6 Å². The molecule has 3 aromatic carbocycles. The van der Waals surface area contributed by atoms with E-state index in [9.17, 15) is 0 Å². The topological polar surface area (TPSA) is 27.7 Å². The molecule has 206 valence electrons. The molecule has 0 bridgehead atoms. The summed E-state index contributed by atoms with van der Waals surface area (Å²) in [7, 11) is -1.92. The van der Waals surface area contributed by atoms with Crippen molar-refractivity contribution in [3.63, 3.8) is 0 Å². The molecule has 3 rings (SSSR count). The third kappa shape index (κ3) is 7.97. The predicted octanol–water partition coefficient (Wildman–Crippen LogP) is 9.82.